The molecule has 1 fully saturated rings. The number of benzene rings is 1. The van der Waals surface area contributed by atoms with Gasteiger partial charge in [0.1, 0.15) is 0 Å². The predicted octanol–water partition coefficient (Wildman–Crippen LogP) is 1.84. The molecule has 2 heterocycles. The van der Waals surface area contributed by atoms with Gasteiger partial charge in [0.25, 0.3) is 0 Å². The van der Waals surface area contributed by atoms with Crippen molar-refractivity contribution in [3.8, 4) is 0 Å². The molecule has 5 nitrogen and oxygen atoms in total. The molecule has 106 valence electrons. The van der Waals surface area contributed by atoms with Crippen LogP contribution in [0.4, 0.5) is 5.69 Å². The molecule has 0 radical (unpaired) electrons. The Hall–Kier alpha value is -1.88. The van der Waals surface area contributed by atoms with E-state index in [1.165, 1.54) is 0 Å². The standard InChI is InChI=1S/C15H17NO4/c17-14(9-12-2-1-7-20-12)16-6-5-10-3-4-11(15(18)19)8-13(10)16/h3-4,8,12H,1-2,5-7,9H2,(H,18,19). The van der Waals surface area contributed by atoms with Crippen LogP contribution in [0.1, 0.15) is 35.2 Å². The van der Waals surface area contributed by atoms with Gasteiger partial charge in [-0.2, -0.15) is 0 Å². The Kier molecular flexibility index (Phi) is 3.44. The number of fused-ring (bicyclic) bond motifs is 1. The van der Waals surface area contributed by atoms with Gasteiger partial charge in [0.05, 0.1) is 18.1 Å². The van der Waals surface area contributed by atoms with Crippen molar-refractivity contribution in [1.29, 1.82) is 0 Å². The molecule has 0 aliphatic carbocycles. The van der Waals surface area contributed by atoms with Crippen LogP contribution in [-0.2, 0) is 16.0 Å². The number of carbonyl (C=O) groups excluding carboxylic acids is 1. The maximum absolute atomic E-state index is 12.3. The van der Waals surface area contributed by atoms with E-state index in [0.29, 0.717) is 13.0 Å². The SMILES string of the molecule is O=C(O)c1ccc2c(c1)N(C(=O)CC1CCCO1)CC2. The number of rotatable bonds is 3. The minimum Gasteiger partial charge on any atom is -0.478 e. The van der Waals surface area contributed by atoms with E-state index in [9.17, 15) is 9.59 Å². The van der Waals surface area contributed by atoms with Gasteiger partial charge < -0.3 is 14.7 Å². The normalized spacial score (nSPS) is 21.0. The summed E-state index contributed by atoms with van der Waals surface area (Å²) >= 11 is 0. The highest BCUT2D eigenvalue weighted by molar-refractivity contribution is 5.98. The number of carbonyl (C=O) groups is 2. The van der Waals surface area contributed by atoms with Crippen LogP contribution >= 0.6 is 0 Å². The summed E-state index contributed by atoms with van der Waals surface area (Å²) in [5.41, 5.74) is 2.00. The fourth-order valence-electron chi connectivity index (χ4n) is 2.88. The third-order valence-corrected chi connectivity index (χ3v) is 3.96. The summed E-state index contributed by atoms with van der Waals surface area (Å²) < 4.78 is 5.49. The number of hydrogen-bond acceptors (Lipinski definition) is 3. The van der Waals surface area contributed by atoms with Crippen molar-refractivity contribution in [2.75, 3.05) is 18.1 Å². The molecular weight excluding hydrogens is 258 g/mol. The molecule has 1 unspecified atom stereocenters. The second kappa shape index (κ2) is 5.25. The molecule has 0 bridgehead atoms. The van der Waals surface area contributed by atoms with Gasteiger partial charge >= 0.3 is 5.97 Å². The Balaban J connectivity index is 1.78. The van der Waals surface area contributed by atoms with E-state index in [-0.39, 0.29) is 17.6 Å². The quantitative estimate of drug-likeness (QED) is 0.914. The van der Waals surface area contributed by atoms with Crippen LogP contribution in [-0.4, -0.2) is 36.2 Å². The van der Waals surface area contributed by atoms with Crippen LogP contribution < -0.4 is 4.90 Å². The van der Waals surface area contributed by atoms with Crippen LogP contribution in [0.3, 0.4) is 0 Å². The molecule has 5 heteroatoms. The maximum atomic E-state index is 12.3. The Morgan fingerprint density at radius 2 is 2.25 bits per heavy atom. The number of hydrogen-bond donors (Lipinski definition) is 1. The van der Waals surface area contributed by atoms with E-state index in [2.05, 4.69) is 0 Å². The van der Waals surface area contributed by atoms with Gasteiger partial charge in [0.15, 0.2) is 0 Å². The molecule has 2 aliphatic rings. The fourth-order valence-corrected chi connectivity index (χ4v) is 2.88. The Morgan fingerprint density at radius 3 is 2.95 bits per heavy atom. The minimum atomic E-state index is -0.966. The molecule has 1 amide bonds. The van der Waals surface area contributed by atoms with E-state index in [0.717, 1.165) is 37.1 Å². The molecule has 0 aromatic heterocycles. The van der Waals surface area contributed by atoms with Crippen molar-refractivity contribution in [3.05, 3.63) is 29.3 Å². The lowest BCUT2D eigenvalue weighted by Crippen LogP contribution is -2.31. The highest BCUT2D eigenvalue weighted by Gasteiger charge is 2.28. The number of carboxylic acid groups (broad SMARTS) is 1. The highest BCUT2D eigenvalue weighted by atomic mass is 16.5. The minimum absolute atomic E-state index is 0.0224. The molecule has 1 atom stereocenters. The molecular formula is C15H17NO4. The average molecular weight is 275 g/mol. The molecule has 0 saturated carbocycles. The number of amides is 1. The molecule has 1 aromatic rings. The largest absolute Gasteiger partial charge is 0.478 e. The monoisotopic (exact) mass is 275 g/mol. The Bertz CT molecular complexity index is 549. The fraction of sp³-hybridized carbons (Fsp3) is 0.467. The van der Waals surface area contributed by atoms with Crippen molar-refractivity contribution in [2.24, 2.45) is 0 Å². The number of aromatic carboxylic acids is 1. The van der Waals surface area contributed by atoms with Crippen LogP contribution in [0.2, 0.25) is 0 Å². The van der Waals surface area contributed by atoms with E-state index in [1.54, 1.807) is 23.1 Å². The summed E-state index contributed by atoms with van der Waals surface area (Å²) in [6.07, 6.45) is 3.14. The van der Waals surface area contributed by atoms with Crippen LogP contribution in [0.5, 0.6) is 0 Å². The zero-order valence-corrected chi connectivity index (χ0v) is 11.2. The third-order valence-electron chi connectivity index (χ3n) is 3.96. The second-order valence-electron chi connectivity index (χ2n) is 5.28. The average Bonchev–Trinajstić information content (AvgIpc) is 3.06. The second-order valence-corrected chi connectivity index (χ2v) is 5.28. The molecule has 3 rings (SSSR count). The van der Waals surface area contributed by atoms with Gasteiger partial charge in [0.2, 0.25) is 5.91 Å². The zero-order chi connectivity index (χ0) is 14.1. The van der Waals surface area contributed by atoms with Crippen molar-refractivity contribution >= 4 is 17.6 Å². The lowest BCUT2D eigenvalue weighted by atomic mass is 10.1. The first kappa shape index (κ1) is 13.1. The number of ether oxygens (including phenoxy) is 1. The van der Waals surface area contributed by atoms with Crippen molar-refractivity contribution < 1.29 is 19.4 Å². The number of anilines is 1. The van der Waals surface area contributed by atoms with Crippen LogP contribution in [0.15, 0.2) is 18.2 Å². The molecule has 1 N–H and O–H groups in total. The van der Waals surface area contributed by atoms with Crippen molar-refractivity contribution in [3.63, 3.8) is 0 Å². The van der Waals surface area contributed by atoms with Gasteiger partial charge in [-0.3, -0.25) is 4.79 Å². The summed E-state index contributed by atoms with van der Waals surface area (Å²) in [5, 5.41) is 9.05. The zero-order valence-electron chi connectivity index (χ0n) is 11.2. The van der Waals surface area contributed by atoms with Gasteiger partial charge in [0, 0.05) is 18.8 Å². The maximum Gasteiger partial charge on any atom is 0.335 e. The molecule has 2 aliphatic heterocycles. The van der Waals surface area contributed by atoms with Crippen LogP contribution in [0.25, 0.3) is 0 Å². The van der Waals surface area contributed by atoms with E-state index in [4.69, 9.17) is 9.84 Å². The highest BCUT2D eigenvalue weighted by Crippen LogP contribution is 2.30. The van der Waals surface area contributed by atoms with Crippen LogP contribution in [0, 0.1) is 0 Å². The summed E-state index contributed by atoms with van der Waals surface area (Å²) in [7, 11) is 0. The predicted molar refractivity (Wildman–Crippen MR) is 73.0 cm³/mol. The number of nitrogens with zero attached hydrogens (tertiary/aromatic N) is 1. The summed E-state index contributed by atoms with van der Waals surface area (Å²) in [6, 6.07) is 4.99. The van der Waals surface area contributed by atoms with Gasteiger partial charge in [-0.25, -0.2) is 4.79 Å². The topological polar surface area (TPSA) is 66.8 Å². The van der Waals surface area contributed by atoms with Gasteiger partial charge in [-0.05, 0) is 37.0 Å². The lowest BCUT2D eigenvalue weighted by molar-refractivity contribution is -0.120. The first-order valence-electron chi connectivity index (χ1n) is 6.93. The molecule has 1 aromatic carbocycles. The van der Waals surface area contributed by atoms with E-state index < -0.39 is 5.97 Å². The van der Waals surface area contributed by atoms with E-state index >= 15 is 0 Å². The Morgan fingerprint density at radius 1 is 1.40 bits per heavy atom. The summed E-state index contributed by atoms with van der Waals surface area (Å²) in [4.78, 5) is 25.1. The molecule has 20 heavy (non-hydrogen) atoms. The first-order chi connectivity index (χ1) is 9.65. The van der Waals surface area contributed by atoms with Gasteiger partial charge in [-0.15, -0.1) is 0 Å². The first-order valence-corrected chi connectivity index (χ1v) is 6.93. The third kappa shape index (κ3) is 2.41. The summed E-state index contributed by atoms with van der Waals surface area (Å²) in [5.74, 6) is -0.940. The smallest absolute Gasteiger partial charge is 0.335 e. The number of carboxylic acids is 1. The van der Waals surface area contributed by atoms with Crippen molar-refractivity contribution in [1.82, 2.24) is 0 Å². The van der Waals surface area contributed by atoms with Crippen molar-refractivity contribution in [2.45, 2.75) is 31.8 Å². The molecule has 0 spiro atoms. The molecule has 1 saturated heterocycles. The van der Waals surface area contributed by atoms with Gasteiger partial charge in [-0.1, -0.05) is 6.07 Å². The Labute approximate surface area is 117 Å². The van der Waals surface area contributed by atoms with E-state index in [1.807, 2.05) is 0 Å². The lowest BCUT2D eigenvalue weighted by Gasteiger charge is -2.19. The summed E-state index contributed by atoms with van der Waals surface area (Å²) in [6.45, 7) is 1.36.